The highest BCUT2D eigenvalue weighted by atomic mass is 15.1. The molecule has 76 valence electrons. The van der Waals surface area contributed by atoms with Crippen LogP contribution in [-0.4, -0.2) is 15.2 Å². The number of hydrogen-bond acceptors (Lipinski definition) is 3. The van der Waals surface area contributed by atoms with Crippen molar-refractivity contribution in [2.75, 3.05) is 0 Å². The van der Waals surface area contributed by atoms with Crippen LogP contribution in [0.25, 0.3) is 0 Å². The monoisotopic (exact) mass is 191 g/mol. The zero-order chi connectivity index (χ0) is 9.64. The van der Waals surface area contributed by atoms with Crippen molar-refractivity contribution in [1.29, 1.82) is 0 Å². The maximum atomic E-state index is 4.30. The highest BCUT2D eigenvalue weighted by Crippen LogP contribution is 2.28. The van der Waals surface area contributed by atoms with Gasteiger partial charge in [0.1, 0.15) is 6.33 Å². The normalized spacial score (nSPS) is 20.0. The van der Waals surface area contributed by atoms with E-state index in [1.807, 2.05) is 6.20 Å². The molecule has 0 unspecified atom stereocenters. The van der Waals surface area contributed by atoms with Crippen LogP contribution in [0.3, 0.4) is 0 Å². The van der Waals surface area contributed by atoms with E-state index >= 15 is 0 Å². The lowest BCUT2D eigenvalue weighted by molar-refractivity contribution is 0.447. The highest BCUT2D eigenvalue weighted by molar-refractivity contribution is 5.01. The van der Waals surface area contributed by atoms with E-state index in [0.29, 0.717) is 5.92 Å². The van der Waals surface area contributed by atoms with Gasteiger partial charge in [0.25, 0.3) is 0 Å². The molecule has 1 aromatic heterocycles. The Morgan fingerprint density at radius 1 is 0.929 bits per heavy atom. The predicted octanol–water partition coefficient (Wildman–Crippen LogP) is 2.70. The smallest absolute Gasteiger partial charge is 0.138 e. The molecule has 0 aromatic carbocycles. The second-order valence-corrected chi connectivity index (χ2v) is 4.07. The van der Waals surface area contributed by atoms with Crippen LogP contribution in [0.1, 0.15) is 56.6 Å². The van der Waals surface area contributed by atoms with E-state index in [4.69, 9.17) is 0 Å². The van der Waals surface area contributed by atoms with Crippen LogP contribution in [0.5, 0.6) is 0 Å². The molecule has 0 N–H and O–H groups in total. The molecule has 1 aliphatic carbocycles. The fourth-order valence-corrected chi connectivity index (χ4v) is 2.21. The minimum Gasteiger partial charge on any atom is -0.238 e. The van der Waals surface area contributed by atoms with Gasteiger partial charge in [-0.05, 0) is 12.8 Å². The Kier molecular flexibility index (Phi) is 3.44. The van der Waals surface area contributed by atoms with E-state index in [1.54, 1.807) is 6.33 Å². The number of hydrogen-bond donors (Lipinski definition) is 0. The van der Waals surface area contributed by atoms with Crippen LogP contribution in [0, 0.1) is 0 Å². The summed E-state index contributed by atoms with van der Waals surface area (Å²) >= 11 is 0. The van der Waals surface area contributed by atoms with E-state index in [1.165, 1.54) is 44.9 Å². The van der Waals surface area contributed by atoms with Gasteiger partial charge in [-0.25, -0.2) is 4.98 Å². The Morgan fingerprint density at radius 2 is 1.64 bits per heavy atom. The van der Waals surface area contributed by atoms with Crippen molar-refractivity contribution in [2.45, 2.75) is 50.9 Å². The topological polar surface area (TPSA) is 38.7 Å². The molecule has 0 atom stereocenters. The molecule has 1 heterocycles. The zero-order valence-electron chi connectivity index (χ0n) is 8.52. The Hall–Kier alpha value is -0.990. The molecule has 2 rings (SSSR count). The van der Waals surface area contributed by atoms with Crippen molar-refractivity contribution in [2.24, 2.45) is 0 Å². The average Bonchev–Trinajstić information content (AvgIpc) is 2.18. The van der Waals surface area contributed by atoms with Crippen LogP contribution >= 0.6 is 0 Å². The number of nitrogens with zero attached hydrogens (tertiary/aromatic N) is 3. The average molecular weight is 191 g/mol. The predicted molar refractivity (Wildman–Crippen MR) is 54.9 cm³/mol. The zero-order valence-corrected chi connectivity index (χ0v) is 8.52. The molecule has 0 spiro atoms. The van der Waals surface area contributed by atoms with Crippen LogP contribution in [-0.2, 0) is 0 Å². The third-order valence-corrected chi connectivity index (χ3v) is 3.04. The molecule has 1 fully saturated rings. The molecule has 3 heteroatoms. The first-order valence-corrected chi connectivity index (χ1v) is 5.59. The van der Waals surface area contributed by atoms with E-state index in [9.17, 15) is 0 Å². The van der Waals surface area contributed by atoms with Crippen molar-refractivity contribution < 1.29 is 0 Å². The summed E-state index contributed by atoms with van der Waals surface area (Å²) in [6.07, 6.45) is 12.8. The molecule has 1 aliphatic rings. The number of aromatic nitrogens is 3. The lowest BCUT2D eigenvalue weighted by Gasteiger charge is -2.18. The molecule has 0 bridgehead atoms. The van der Waals surface area contributed by atoms with Crippen molar-refractivity contribution in [3.63, 3.8) is 0 Å². The van der Waals surface area contributed by atoms with Gasteiger partial charge in [-0.15, -0.1) is 5.10 Å². The molecular weight excluding hydrogens is 174 g/mol. The van der Waals surface area contributed by atoms with Gasteiger partial charge in [-0.3, -0.25) is 0 Å². The van der Waals surface area contributed by atoms with Crippen molar-refractivity contribution >= 4 is 0 Å². The quantitative estimate of drug-likeness (QED) is 0.685. The lowest BCUT2D eigenvalue weighted by Crippen LogP contribution is -2.05. The summed E-state index contributed by atoms with van der Waals surface area (Å²) in [6.45, 7) is 0. The van der Waals surface area contributed by atoms with Crippen LogP contribution < -0.4 is 0 Å². The molecular formula is C11H17N3. The van der Waals surface area contributed by atoms with E-state index < -0.39 is 0 Å². The Balaban J connectivity index is 2.01. The van der Waals surface area contributed by atoms with Crippen molar-refractivity contribution in [3.8, 4) is 0 Å². The molecule has 14 heavy (non-hydrogen) atoms. The first kappa shape index (κ1) is 9.56. The number of rotatable bonds is 1. The SMILES string of the molecule is c1nncc(C2CCCCCCC2)n1. The maximum absolute atomic E-state index is 4.30. The summed E-state index contributed by atoms with van der Waals surface area (Å²) in [5.41, 5.74) is 1.14. The molecule has 1 aromatic rings. The molecule has 3 nitrogen and oxygen atoms in total. The Labute approximate surface area is 85.0 Å². The summed E-state index contributed by atoms with van der Waals surface area (Å²) in [5, 5.41) is 7.62. The van der Waals surface area contributed by atoms with E-state index in [-0.39, 0.29) is 0 Å². The van der Waals surface area contributed by atoms with Crippen LogP contribution in [0.15, 0.2) is 12.5 Å². The van der Waals surface area contributed by atoms with Gasteiger partial charge in [0.15, 0.2) is 0 Å². The summed E-state index contributed by atoms with van der Waals surface area (Å²) in [6, 6.07) is 0. The van der Waals surface area contributed by atoms with Gasteiger partial charge >= 0.3 is 0 Å². The highest BCUT2D eigenvalue weighted by Gasteiger charge is 2.14. The second-order valence-electron chi connectivity index (χ2n) is 4.07. The minimum atomic E-state index is 0.630. The van der Waals surface area contributed by atoms with Gasteiger partial charge in [-0.1, -0.05) is 32.1 Å². The fraction of sp³-hybridized carbons (Fsp3) is 0.727. The lowest BCUT2D eigenvalue weighted by atomic mass is 9.89. The van der Waals surface area contributed by atoms with E-state index in [2.05, 4.69) is 15.2 Å². The van der Waals surface area contributed by atoms with Gasteiger partial charge < -0.3 is 0 Å². The summed E-state index contributed by atoms with van der Waals surface area (Å²) in [5.74, 6) is 0.630. The first-order valence-electron chi connectivity index (χ1n) is 5.59. The molecule has 0 saturated heterocycles. The molecule has 0 aliphatic heterocycles. The van der Waals surface area contributed by atoms with Crippen molar-refractivity contribution in [3.05, 3.63) is 18.2 Å². The minimum absolute atomic E-state index is 0.630. The maximum Gasteiger partial charge on any atom is 0.138 e. The largest absolute Gasteiger partial charge is 0.238 e. The van der Waals surface area contributed by atoms with Crippen molar-refractivity contribution in [1.82, 2.24) is 15.2 Å². The van der Waals surface area contributed by atoms with Gasteiger partial charge in [0, 0.05) is 5.92 Å². The third kappa shape index (κ3) is 2.50. The van der Waals surface area contributed by atoms with E-state index in [0.717, 1.165) is 5.69 Å². The Bertz CT molecular complexity index is 252. The summed E-state index contributed by atoms with van der Waals surface area (Å²) in [7, 11) is 0. The third-order valence-electron chi connectivity index (χ3n) is 3.04. The van der Waals surface area contributed by atoms with Gasteiger partial charge in [-0.2, -0.15) is 5.10 Å². The van der Waals surface area contributed by atoms with Crippen LogP contribution in [0.4, 0.5) is 0 Å². The summed E-state index contributed by atoms with van der Waals surface area (Å²) < 4.78 is 0. The van der Waals surface area contributed by atoms with Crippen LogP contribution in [0.2, 0.25) is 0 Å². The molecule has 1 saturated carbocycles. The Morgan fingerprint density at radius 3 is 2.29 bits per heavy atom. The molecule has 0 radical (unpaired) electrons. The summed E-state index contributed by atoms with van der Waals surface area (Å²) in [4.78, 5) is 4.30. The van der Waals surface area contributed by atoms with Gasteiger partial charge in [0.2, 0.25) is 0 Å². The fourth-order valence-electron chi connectivity index (χ4n) is 2.21. The standard InChI is InChI=1S/C11H17N3/c1-2-4-6-10(7-5-3-1)11-8-13-14-9-12-11/h8-10H,1-7H2. The molecule has 0 amide bonds. The second kappa shape index (κ2) is 5.03. The first-order chi connectivity index (χ1) is 6.97. The van der Waals surface area contributed by atoms with Gasteiger partial charge in [0.05, 0.1) is 11.9 Å².